The Labute approximate surface area is 184 Å². The van der Waals surface area contributed by atoms with Crippen molar-refractivity contribution in [1.82, 2.24) is 14.0 Å². The molecule has 0 aromatic heterocycles. The first kappa shape index (κ1) is 29.1. The predicted octanol–water partition coefficient (Wildman–Crippen LogP) is 8.21. The minimum Gasteiger partial charge on any atom is -0.277 e. The van der Waals surface area contributed by atoms with Gasteiger partial charge in [0.2, 0.25) is 0 Å². The molecule has 0 aliphatic heterocycles. The number of nitrogens with one attached hydrogen (secondary N) is 1. The van der Waals surface area contributed by atoms with E-state index in [9.17, 15) is 5.16 Å². The van der Waals surface area contributed by atoms with Gasteiger partial charge in [-0.2, -0.15) is 0 Å². The maximum absolute atomic E-state index is 10.5. The van der Waals surface area contributed by atoms with Gasteiger partial charge in [-0.25, -0.2) is 14.0 Å². The lowest BCUT2D eigenvalue weighted by molar-refractivity contribution is 0.153. The highest BCUT2D eigenvalue weighted by atomic mass is 31.2. The standard InChI is InChI=1S/C24H55N4P/c1-13-19(7)26(20(8)14-2)29(25,27(21(9)15-3)22(10)16-4)28(23(11)17-5)24(12)18-6/h19-25H,13-18H2,1-12H3. The smallest absolute Gasteiger partial charge is 0.166 e. The third-order valence-electron chi connectivity index (χ3n) is 7.22. The highest BCUT2D eigenvalue weighted by molar-refractivity contribution is 7.58. The molecule has 0 heterocycles. The van der Waals surface area contributed by atoms with Crippen molar-refractivity contribution in [1.29, 1.82) is 5.16 Å². The van der Waals surface area contributed by atoms with E-state index in [4.69, 9.17) is 0 Å². The summed E-state index contributed by atoms with van der Waals surface area (Å²) in [7, 11) is -2.49. The number of rotatable bonds is 15. The van der Waals surface area contributed by atoms with E-state index < -0.39 is 7.51 Å². The van der Waals surface area contributed by atoms with Crippen molar-refractivity contribution in [2.24, 2.45) is 0 Å². The molecule has 0 fully saturated rings. The molecule has 29 heavy (non-hydrogen) atoms. The van der Waals surface area contributed by atoms with Crippen LogP contribution in [0.3, 0.4) is 0 Å². The topological polar surface area (TPSA) is 33.6 Å². The van der Waals surface area contributed by atoms with Crippen LogP contribution in [0.25, 0.3) is 0 Å². The van der Waals surface area contributed by atoms with Crippen LogP contribution in [0.5, 0.6) is 0 Å². The zero-order valence-corrected chi connectivity index (χ0v) is 22.9. The second-order valence-corrected chi connectivity index (χ2v) is 11.8. The molecule has 0 saturated carbocycles. The molecule has 0 spiro atoms. The summed E-state index contributed by atoms with van der Waals surface area (Å²) < 4.78 is 7.97. The van der Waals surface area contributed by atoms with Crippen LogP contribution in [0.4, 0.5) is 0 Å². The minimum absolute atomic E-state index is 0.405. The molecule has 0 aromatic carbocycles. The monoisotopic (exact) mass is 430 g/mol. The normalized spacial score (nSPS) is 21.1. The van der Waals surface area contributed by atoms with Gasteiger partial charge in [0.1, 0.15) is 0 Å². The quantitative estimate of drug-likeness (QED) is 0.266. The van der Waals surface area contributed by atoms with Crippen LogP contribution >= 0.6 is 7.51 Å². The highest BCUT2D eigenvalue weighted by Gasteiger charge is 2.47. The van der Waals surface area contributed by atoms with Crippen molar-refractivity contribution in [3.8, 4) is 0 Å². The fraction of sp³-hybridized carbons (Fsp3) is 1.00. The Morgan fingerprint density at radius 1 is 0.448 bits per heavy atom. The van der Waals surface area contributed by atoms with Gasteiger partial charge < -0.3 is 0 Å². The van der Waals surface area contributed by atoms with Gasteiger partial charge in [-0.05, 0) is 80.1 Å². The lowest BCUT2D eigenvalue weighted by atomic mass is 10.2. The number of nitrogens with zero attached hydrogens (tertiary/aromatic N) is 3. The molecule has 0 bridgehead atoms. The van der Waals surface area contributed by atoms with Crippen LogP contribution in [0.2, 0.25) is 0 Å². The molecule has 0 radical (unpaired) electrons. The summed E-state index contributed by atoms with van der Waals surface area (Å²) in [6.07, 6.45) is 6.55. The van der Waals surface area contributed by atoms with E-state index in [1.54, 1.807) is 0 Å². The molecule has 1 N–H and O–H groups in total. The molecule has 0 amide bonds. The molecular formula is C24H55N4P. The van der Waals surface area contributed by atoms with Gasteiger partial charge in [-0.15, -0.1) is 0 Å². The van der Waals surface area contributed by atoms with E-state index in [0.717, 1.165) is 38.5 Å². The average molecular weight is 431 g/mol. The van der Waals surface area contributed by atoms with Gasteiger partial charge in [-0.1, -0.05) is 41.5 Å². The van der Waals surface area contributed by atoms with Gasteiger partial charge in [0.15, 0.2) is 7.51 Å². The van der Waals surface area contributed by atoms with Crippen molar-refractivity contribution in [3.05, 3.63) is 0 Å². The molecule has 0 saturated heterocycles. The summed E-state index contributed by atoms with van der Waals surface area (Å²) in [5.41, 5.74) is 0. The highest BCUT2D eigenvalue weighted by Crippen LogP contribution is 2.64. The molecule has 0 aliphatic rings. The Bertz CT molecular complexity index is 387. The van der Waals surface area contributed by atoms with Crippen molar-refractivity contribution < 1.29 is 0 Å². The summed E-state index contributed by atoms with van der Waals surface area (Å²) in [4.78, 5) is 0. The molecule has 6 unspecified atom stereocenters. The molecule has 4 nitrogen and oxygen atoms in total. The number of hydrogen-bond donors (Lipinski definition) is 1. The third-order valence-corrected chi connectivity index (χ3v) is 11.5. The molecule has 6 atom stereocenters. The molecule has 0 aliphatic carbocycles. The van der Waals surface area contributed by atoms with Gasteiger partial charge in [0, 0.05) is 36.3 Å². The zero-order valence-electron chi connectivity index (χ0n) is 22.0. The van der Waals surface area contributed by atoms with Crippen LogP contribution in [0.15, 0.2) is 0 Å². The van der Waals surface area contributed by atoms with E-state index in [1.807, 2.05) is 0 Å². The Balaban J connectivity index is 7.08. The fourth-order valence-electron chi connectivity index (χ4n) is 4.43. The summed E-state index contributed by atoms with van der Waals surface area (Å²) >= 11 is 0. The first-order valence-electron chi connectivity index (χ1n) is 12.5. The maximum atomic E-state index is 10.5. The van der Waals surface area contributed by atoms with Crippen LogP contribution in [-0.2, 0) is 0 Å². The molecule has 0 aromatic rings. The first-order valence-corrected chi connectivity index (χ1v) is 14.2. The Kier molecular flexibility index (Phi) is 13.6. The predicted molar refractivity (Wildman–Crippen MR) is 134 cm³/mol. The van der Waals surface area contributed by atoms with E-state index in [0.29, 0.717) is 36.3 Å². The molecule has 5 heteroatoms. The van der Waals surface area contributed by atoms with Crippen LogP contribution in [0.1, 0.15) is 122 Å². The Morgan fingerprint density at radius 3 is 0.690 bits per heavy atom. The molecule has 176 valence electrons. The van der Waals surface area contributed by atoms with E-state index in [-0.39, 0.29) is 0 Å². The van der Waals surface area contributed by atoms with Gasteiger partial charge in [0.05, 0.1) is 0 Å². The van der Waals surface area contributed by atoms with Gasteiger partial charge in [-0.3, -0.25) is 5.16 Å². The van der Waals surface area contributed by atoms with Crippen molar-refractivity contribution in [2.45, 2.75) is 158 Å². The van der Waals surface area contributed by atoms with Crippen molar-refractivity contribution in [2.75, 3.05) is 0 Å². The summed E-state index contributed by atoms with van der Waals surface area (Å²) in [6, 6.07) is 2.43. The summed E-state index contributed by atoms with van der Waals surface area (Å²) in [6.45, 7) is 27.9. The minimum atomic E-state index is -2.49. The third kappa shape index (κ3) is 6.55. The Hall–Kier alpha value is 0.110. The van der Waals surface area contributed by atoms with Crippen molar-refractivity contribution in [3.63, 3.8) is 0 Å². The second kappa shape index (κ2) is 13.5. The zero-order chi connectivity index (χ0) is 22.9. The molecular weight excluding hydrogens is 375 g/mol. The Morgan fingerprint density at radius 2 is 0.586 bits per heavy atom. The maximum Gasteiger partial charge on any atom is 0.166 e. The van der Waals surface area contributed by atoms with Crippen LogP contribution in [0, 0.1) is 5.16 Å². The van der Waals surface area contributed by atoms with Gasteiger partial charge in [0.25, 0.3) is 0 Å². The van der Waals surface area contributed by atoms with Gasteiger partial charge >= 0.3 is 0 Å². The lowest BCUT2D eigenvalue weighted by Gasteiger charge is -2.58. The average Bonchev–Trinajstić information content (AvgIpc) is 2.72. The summed E-state index contributed by atoms with van der Waals surface area (Å²) in [5.74, 6) is 0. The largest absolute Gasteiger partial charge is 0.277 e. The van der Waals surface area contributed by atoms with Crippen LogP contribution < -0.4 is 0 Å². The summed E-state index contributed by atoms with van der Waals surface area (Å²) in [5, 5.41) is 10.5. The van der Waals surface area contributed by atoms with E-state index >= 15 is 0 Å². The fourth-order valence-corrected chi connectivity index (χ4v) is 9.43. The van der Waals surface area contributed by atoms with Crippen LogP contribution in [-0.4, -0.2) is 50.3 Å². The first-order chi connectivity index (χ1) is 13.5. The van der Waals surface area contributed by atoms with E-state index in [1.165, 1.54) is 0 Å². The lowest BCUT2D eigenvalue weighted by Crippen LogP contribution is -2.55. The van der Waals surface area contributed by atoms with E-state index in [2.05, 4.69) is 97.1 Å². The number of hydrogen-bond acceptors (Lipinski definition) is 1. The molecule has 0 rings (SSSR count). The van der Waals surface area contributed by atoms with Crippen molar-refractivity contribution >= 4 is 7.51 Å². The second-order valence-electron chi connectivity index (χ2n) is 9.25. The SMILES string of the molecule is CCC(C)N(C(C)CC)P(=N)(N(C(C)CC)C(C)CC)N(C(C)CC)C(C)CC.